The molecule has 2 aromatic heterocycles. The smallest absolute Gasteiger partial charge is 0.336 e. The van der Waals surface area contributed by atoms with Gasteiger partial charge in [0.25, 0.3) is 0 Å². The van der Waals surface area contributed by atoms with Gasteiger partial charge in [-0.15, -0.1) is 0 Å². The summed E-state index contributed by atoms with van der Waals surface area (Å²) in [4.78, 5) is 39.4. The Morgan fingerprint density at radius 3 is 1.95 bits per heavy atom. The number of aromatic nitrogens is 3. The van der Waals surface area contributed by atoms with Crippen molar-refractivity contribution in [1.29, 1.82) is 0 Å². The Morgan fingerprint density at radius 2 is 1.44 bits per heavy atom. The Kier molecular flexibility index (Phi) is 12.6. The highest BCUT2D eigenvalue weighted by atomic mass is 16.4. The third kappa shape index (κ3) is 11.1. The number of aryl methyl sites for hydroxylation is 1. The van der Waals surface area contributed by atoms with Gasteiger partial charge in [-0.05, 0) is 51.2 Å². The van der Waals surface area contributed by atoms with Crippen LogP contribution in [0.1, 0.15) is 40.9 Å². The van der Waals surface area contributed by atoms with E-state index in [-0.39, 0.29) is 0 Å². The number of carbonyl (C=O) groups is 3. The molecule has 41 heavy (non-hydrogen) atoms. The van der Waals surface area contributed by atoms with Gasteiger partial charge in [-0.2, -0.15) is 5.10 Å². The van der Waals surface area contributed by atoms with E-state index in [4.69, 9.17) is 25.5 Å². The minimum Gasteiger partial charge on any atom is -0.481 e. The van der Waals surface area contributed by atoms with Crippen molar-refractivity contribution in [3.63, 3.8) is 0 Å². The molecule has 0 aliphatic carbocycles. The normalized spacial score (nSPS) is 11.3. The van der Waals surface area contributed by atoms with Crippen molar-refractivity contribution in [3.8, 4) is 0 Å². The predicted molar refractivity (Wildman–Crippen MR) is 151 cm³/mol. The summed E-state index contributed by atoms with van der Waals surface area (Å²) >= 11 is 0. The van der Waals surface area contributed by atoms with Crippen molar-refractivity contribution in [2.75, 3.05) is 27.2 Å². The zero-order valence-corrected chi connectivity index (χ0v) is 23.9. The van der Waals surface area contributed by atoms with Crippen LogP contribution in [0.25, 0.3) is 0 Å². The predicted octanol–water partition coefficient (Wildman–Crippen LogP) is 2.26. The van der Waals surface area contributed by atoms with Gasteiger partial charge in [0, 0.05) is 49.8 Å². The van der Waals surface area contributed by atoms with E-state index in [1.54, 1.807) is 0 Å². The molecule has 0 fully saturated rings. The van der Waals surface area contributed by atoms with Crippen LogP contribution in [-0.4, -0.2) is 95.7 Å². The Balaban J connectivity index is 0.000000383. The summed E-state index contributed by atoms with van der Waals surface area (Å²) in [6.45, 7) is 8.99. The molecule has 3 rings (SSSR count). The fourth-order valence-corrected chi connectivity index (χ4v) is 4.11. The number of pyridine rings is 1. The van der Waals surface area contributed by atoms with Gasteiger partial charge in [0.2, 0.25) is 0 Å². The van der Waals surface area contributed by atoms with Gasteiger partial charge in [-0.25, -0.2) is 4.79 Å². The third-order valence-corrected chi connectivity index (χ3v) is 6.39. The molecule has 222 valence electrons. The second-order valence-electron chi connectivity index (χ2n) is 10.1. The molecule has 0 spiro atoms. The van der Waals surface area contributed by atoms with Gasteiger partial charge < -0.3 is 25.3 Å². The lowest BCUT2D eigenvalue weighted by Gasteiger charge is -2.24. The molecule has 1 aromatic carbocycles. The molecule has 0 aliphatic rings. The maximum atomic E-state index is 10.3. The Morgan fingerprint density at radius 1 is 0.854 bits per heavy atom. The average molecular weight is 570 g/mol. The summed E-state index contributed by atoms with van der Waals surface area (Å²) in [5.74, 6) is -5.02. The van der Waals surface area contributed by atoms with E-state index in [9.17, 15) is 14.4 Å². The van der Waals surface area contributed by atoms with Crippen molar-refractivity contribution in [1.82, 2.24) is 24.6 Å². The first-order valence-corrected chi connectivity index (χ1v) is 13.0. The molecule has 3 aromatic rings. The van der Waals surface area contributed by atoms with Gasteiger partial charge in [0.15, 0.2) is 5.60 Å². The van der Waals surface area contributed by atoms with E-state index in [1.165, 1.54) is 22.4 Å². The first-order valence-electron chi connectivity index (χ1n) is 13.0. The summed E-state index contributed by atoms with van der Waals surface area (Å²) in [6.07, 6.45) is 1.45. The lowest BCUT2D eigenvalue weighted by molar-refractivity contribution is -0.170. The van der Waals surface area contributed by atoms with Crippen LogP contribution in [0.15, 0.2) is 54.9 Å². The van der Waals surface area contributed by atoms with Crippen LogP contribution in [0.2, 0.25) is 0 Å². The maximum Gasteiger partial charge on any atom is 0.336 e. The number of hydrogen-bond donors (Lipinski definition) is 4. The van der Waals surface area contributed by atoms with E-state index in [1.807, 2.05) is 12.4 Å². The number of nitrogens with zero attached hydrogens (tertiary/aromatic N) is 5. The molecular weight excluding hydrogens is 530 g/mol. The molecule has 0 saturated heterocycles. The van der Waals surface area contributed by atoms with Crippen LogP contribution >= 0.6 is 0 Å². The number of benzene rings is 1. The molecule has 0 radical (unpaired) electrons. The van der Waals surface area contributed by atoms with E-state index in [2.05, 4.69) is 89.9 Å². The maximum absolute atomic E-state index is 10.3. The quantitative estimate of drug-likeness (QED) is 0.225. The molecule has 12 heteroatoms. The second kappa shape index (κ2) is 15.6. The van der Waals surface area contributed by atoms with Crippen LogP contribution in [0, 0.1) is 13.8 Å². The number of aliphatic carboxylic acids is 3. The summed E-state index contributed by atoms with van der Waals surface area (Å²) < 4.78 is 2.14. The minimum atomic E-state index is -2.74. The van der Waals surface area contributed by atoms with Crippen LogP contribution in [0.5, 0.6) is 0 Å². The van der Waals surface area contributed by atoms with E-state index in [0.717, 1.165) is 38.4 Å². The van der Waals surface area contributed by atoms with Crippen molar-refractivity contribution < 1.29 is 34.8 Å². The largest absolute Gasteiger partial charge is 0.481 e. The lowest BCUT2D eigenvalue weighted by atomic mass is 9.96. The van der Waals surface area contributed by atoms with E-state index < -0.39 is 36.4 Å². The van der Waals surface area contributed by atoms with Gasteiger partial charge in [0.1, 0.15) is 0 Å². The fraction of sp³-hybridized carbons (Fsp3) is 0.414. The molecule has 2 heterocycles. The summed E-state index contributed by atoms with van der Waals surface area (Å²) in [5, 5.41) is 38.6. The molecule has 0 unspecified atom stereocenters. The van der Waals surface area contributed by atoms with E-state index >= 15 is 0 Å². The first-order chi connectivity index (χ1) is 19.3. The molecule has 0 amide bonds. The van der Waals surface area contributed by atoms with Crippen molar-refractivity contribution >= 4 is 17.9 Å². The average Bonchev–Trinajstić information content (AvgIpc) is 3.15. The molecule has 0 saturated carbocycles. The summed E-state index contributed by atoms with van der Waals surface area (Å²) in [7, 11) is 4.25. The number of likely N-dealkylation sites (N-methyl/N-ethyl adjacent to an activating group) is 1. The highest BCUT2D eigenvalue weighted by Crippen LogP contribution is 2.19. The topological polar surface area (TPSA) is 169 Å². The zero-order chi connectivity index (χ0) is 30.6. The molecule has 0 aliphatic heterocycles. The number of hydrogen-bond acceptors (Lipinski definition) is 8. The minimum absolute atomic E-state index is 0.815. The first kappa shape index (κ1) is 33.1. The Labute approximate surface area is 239 Å². The number of carboxylic acids is 3. The van der Waals surface area contributed by atoms with Crippen LogP contribution < -0.4 is 0 Å². The second-order valence-corrected chi connectivity index (χ2v) is 10.1. The number of carboxylic acid groups (broad SMARTS) is 3. The van der Waals surface area contributed by atoms with E-state index in [0.29, 0.717) is 0 Å². The third-order valence-electron chi connectivity index (χ3n) is 6.39. The highest BCUT2D eigenvalue weighted by molar-refractivity contribution is 5.88. The Hall–Kier alpha value is -4.13. The molecular formula is C29H39N5O7. The van der Waals surface area contributed by atoms with Crippen LogP contribution in [-0.2, 0) is 34.0 Å². The van der Waals surface area contributed by atoms with Gasteiger partial charge in [-0.3, -0.25) is 24.2 Å². The van der Waals surface area contributed by atoms with Crippen LogP contribution in [0.4, 0.5) is 0 Å². The Bertz CT molecular complexity index is 1260. The number of aliphatic hydroxyl groups is 1. The van der Waals surface area contributed by atoms with Crippen molar-refractivity contribution in [3.05, 3.63) is 82.9 Å². The van der Waals surface area contributed by atoms with Gasteiger partial charge in [0.05, 0.1) is 25.1 Å². The monoisotopic (exact) mass is 569 g/mol. The van der Waals surface area contributed by atoms with Gasteiger partial charge in [-0.1, -0.05) is 30.3 Å². The van der Waals surface area contributed by atoms with Crippen molar-refractivity contribution in [2.24, 2.45) is 0 Å². The summed E-state index contributed by atoms with van der Waals surface area (Å²) in [6, 6.07) is 14.7. The van der Waals surface area contributed by atoms with Gasteiger partial charge >= 0.3 is 17.9 Å². The molecule has 0 bridgehead atoms. The fourth-order valence-electron chi connectivity index (χ4n) is 4.11. The van der Waals surface area contributed by atoms with Crippen LogP contribution in [0.3, 0.4) is 0 Å². The number of rotatable bonds is 14. The molecule has 0 atom stereocenters. The highest BCUT2D eigenvalue weighted by Gasteiger charge is 2.40. The SMILES string of the molecule is Cc1nn(Cc2ccccc2)c(C)c1CN(CCN(C)C)Cc1ccncc1.O=C(O)CC(O)(CC(=O)O)C(=O)O. The lowest BCUT2D eigenvalue weighted by Crippen LogP contribution is -2.42. The zero-order valence-electron chi connectivity index (χ0n) is 23.9. The summed E-state index contributed by atoms with van der Waals surface area (Å²) in [5.41, 5.74) is 3.55. The molecule has 4 N–H and O–H groups in total. The molecule has 12 nitrogen and oxygen atoms in total. The van der Waals surface area contributed by atoms with Crippen molar-refractivity contribution in [2.45, 2.75) is 51.9 Å². The standard InChI is InChI=1S/C23H31N5.C6H8O7/c1-19-23(20(2)28(25-19)17-21-8-6-5-7-9-21)18-27(15-14-26(3)4)16-22-10-12-24-13-11-22;7-3(8)1-6(13,5(11)12)2-4(9)10/h5-13H,14-18H2,1-4H3;13H,1-2H2,(H,7,8)(H,9,10)(H,11,12).